The van der Waals surface area contributed by atoms with Crippen molar-refractivity contribution in [3.05, 3.63) is 40.9 Å². The molecule has 0 radical (unpaired) electrons. The van der Waals surface area contributed by atoms with Crippen LogP contribution in [-0.4, -0.2) is 27.7 Å². The number of H-pyrrole nitrogens is 1. The first kappa shape index (κ1) is 15.4. The number of benzene rings is 1. The lowest BCUT2D eigenvalue weighted by Gasteiger charge is -2.05. The molecule has 1 heterocycles. The van der Waals surface area contributed by atoms with E-state index in [0.29, 0.717) is 4.77 Å². The van der Waals surface area contributed by atoms with E-state index in [9.17, 15) is 0 Å². The minimum absolute atomic E-state index is 0.471. The lowest BCUT2D eigenvalue weighted by atomic mass is 10.2. The standard InChI is InChI=1S/C15H20N4OS/c1-2-3-4-5-10-20-14-8-6-13(7-9-14)11-17-19-12-16-18-15(19)21/h6-9,11-12H,2-5,10H2,1H3,(H,18,21)/b17-11-. The molecule has 1 aromatic heterocycles. The summed E-state index contributed by atoms with van der Waals surface area (Å²) in [6.45, 7) is 2.98. The summed E-state index contributed by atoms with van der Waals surface area (Å²) in [5.41, 5.74) is 0.983. The smallest absolute Gasteiger partial charge is 0.216 e. The van der Waals surface area contributed by atoms with E-state index >= 15 is 0 Å². The number of rotatable bonds is 8. The molecule has 0 amide bonds. The van der Waals surface area contributed by atoms with E-state index in [4.69, 9.17) is 17.0 Å². The third kappa shape index (κ3) is 5.15. The van der Waals surface area contributed by atoms with Crippen LogP contribution in [0.15, 0.2) is 35.7 Å². The number of hydrogen-bond donors (Lipinski definition) is 1. The first-order valence-electron chi connectivity index (χ1n) is 7.19. The van der Waals surface area contributed by atoms with Crippen molar-refractivity contribution >= 4 is 18.4 Å². The van der Waals surface area contributed by atoms with Crippen molar-refractivity contribution in [3.63, 3.8) is 0 Å². The second-order valence-electron chi connectivity index (χ2n) is 4.73. The summed E-state index contributed by atoms with van der Waals surface area (Å²) in [7, 11) is 0. The quantitative estimate of drug-likeness (QED) is 0.459. The molecule has 0 aliphatic heterocycles. The highest BCUT2D eigenvalue weighted by Gasteiger charge is 1.95. The molecule has 0 unspecified atom stereocenters. The molecule has 0 saturated carbocycles. The Kier molecular flexibility index (Phi) is 6.15. The van der Waals surface area contributed by atoms with E-state index < -0.39 is 0 Å². The molecule has 0 atom stereocenters. The second-order valence-corrected chi connectivity index (χ2v) is 5.12. The van der Waals surface area contributed by atoms with E-state index in [1.54, 1.807) is 6.21 Å². The van der Waals surface area contributed by atoms with E-state index in [1.807, 2.05) is 24.3 Å². The zero-order chi connectivity index (χ0) is 14.9. The van der Waals surface area contributed by atoms with Crippen LogP contribution < -0.4 is 4.74 Å². The Morgan fingerprint density at radius 2 is 2.10 bits per heavy atom. The topological polar surface area (TPSA) is 55.2 Å². The second kappa shape index (κ2) is 8.36. The van der Waals surface area contributed by atoms with Gasteiger partial charge in [-0.2, -0.15) is 14.9 Å². The normalized spacial score (nSPS) is 11.1. The van der Waals surface area contributed by atoms with Gasteiger partial charge in [-0.05, 0) is 48.5 Å². The summed E-state index contributed by atoms with van der Waals surface area (Å²) >= 11 is 5.01. The van der Waals surface area contributed by atoms with Gasteiger partial charge in [-0.1, -0.05) is 26.2 Å². The van der Waals surface area contributed by atoms with E-state index in [1.165, 1.54) is 30.3 Å². The van der Waals surface area contributed by atoms with Crippen LogP contribution in [0.5, 0.6) is 5.75 Å². The molecule has 0 aliphatic rings. The van der Waals surface area contributed by atoms with Gasteiger partial charge in [0.05, 0.1) is 12.8 Å². The summed E-state index contributed by atoms with van der Waals surface area (Å²) < 4.78 is 7.67. The van der Waals surface area contributed by atoms with Crippen LogP contribution in [0.25, 0.3) is 0 Å². The van der Waals surface area contributed by atoms with Crippen LogP contribution in [0.4, 0.5) is 0 Å². The zero-order valence-corrected chi connectivity index (χ0v) is 13.0. The molecule has 5 nitrogen and oxygen atoms in total. The maximum absolute atomic E-state index is 5.70. The first-order chi connectivity index (χ1) is 10.3. The largest absolute Gasteiger partial charge is 0.494 e. The lowest BCUT2D eigenvalue weighted by molar-refractivity contribution is 0.305. The van der Waals surface area contributed by atoms with Crippen LogP contribution >= 0.6 is 12.2 Å². The van der Waals surface area contributed by atoms with Crippen molar-refractivity contribution in [2.45, 2.75) is 32.6 Å². The van der Waals surface area contributed by atoms with Gasteiger partial charge in [0, 0.05) is 0 Å². The van der Waals surface area contributed by atoms with Gasteiger partial charge in [-0.25, -0.2) is 0 Å². The monoisotopic (exact) mass is 304 g/mol. The molecule has 6 heteroatoms. The Hall–Kier alpha value is -1.95. The summed E-state index contributed by atoms with van der Waals surface area (Å²) in [5.74, 6) is 0.892. The highest BCUT2D eigenvalue weighted by molar-refractivity contribution is 7.71. The lowest BCUT2D eigenvalue weighted by Crippen LogP contribution is -1.97. The first-order valence-corrected chi connectivity index (χ1v) is 7.59. The third-order valence-corrected chi connectivity index (χ3v) is 3.29. The number of ether oxygens (including phenoxy) is 1. The highest BCUT2D eigenvalue weighted by atomic mass is 32.1. The van der Waals surface area contributed by atoms with Crippen LogP contribution in [0.2, 0.25) is 0 Å². The molecule has 2 aromatic rings. The Balaban J connectivity index is 1.83. The molecular formula is C15H20N4OS. The SMILES string of the molecule is CCCCCCOc1ccc(/C=N\n2cn[nH]c2=S)cc1. The summed E-state index contributed by atoms with van der Waals surface area (Å²) in [5, 5.41) is 10.7. The van der Waals surface area contributed by atoms with Crippen LogP contribution in [0.1, 0.15) is 38.2 Å². The summed E-state index contributed by atoms with van der Waals surface area (Å²) in [6.07, 6.45) is 8.12. The van der Waals surface area contributed by atoms with Gasteiger partial charge in [0.25, 0.3) is 0 Å². The molecule has 1 aromatic carbocycles. The number of aromatic nitrogens is 3. The van der Waals surface area contributed by atoms with Gasteiger partial charge in [-0.3, -0.25) is 5.10 Å². The van der Waals surface area contributed by atoms with E-state index in [0.717, 1.165) is 24.3 Å². The molecule has 0 bridgehead atoms. The van der Waals surface area contributed by atoms with Crippen LogP contribution in [0.3, 0.4) is 0 Å². The minimum Gasteiger partial charge on any atom is -0.494 e. The van der Waals surface area contributed by atoms with Gasteiger partial charge in [0.2, 0.25) is 4.77 Å². The predicted octanol–water partition coefficient (Wildman–Crippen LogP) is 3.78. The van der Waals surface area contributed by atoms with Gasteiger partial charge in [0.1, 0.15) is 12.1 Å². The molecule has 0 aliphatic carbocycles. The fourth-order valence-electron chi connectivity index (χ4n) is 1.82. The summed E-state index contributed by atoms with van der Waals surface area (Å²) in [4.78, 5) is 0. The van der Waals surface area contributed by atoms with Crippen molar-refractivity contribution in [1.29, 1.82) is 0 Å². The molecule has 112 valence electrons. The zero-order valence-electron chi connectivity index (χ0n) is 12.2. The predicted molar refractivity (Wildman–Crippen MR) is 86.5 cm³/mol. The number of nitrogens with zero attached hydrogens (tertiary/aromatic N) is 3. The average molecular weight is 304 g/mol. The number of unbranched alkanes of at least 4 members (excludes halogenated alkanes) is 3. The van der Waals surface area contributed by atoms with Crippen molar-refractivity contribution in [3.8, 4) is 5.75 Å². The Labute approximate surface area is 129 Å². The third-order valence-electron chi connectivity index (χ3n) is 3.01. The fourth-order valence-corrected chi connectivity index (χ4v) is 1.97. The number of nitrogens with one attached hydrogen (secondary N) is 1. The Morgan fingerprint density at radius 3 is 2.76 bits per heavy atom. The van der Waals surface area contributed by atoms with Crippen molar-refractivity contribution < 1.29 is 4.74 Å². The molecular weight excluding hydrogens is 284 g/mol. The Bertz CT molecular complexity index is 615. The maximum Gasteiger partial charge on any atom is 0.216 e. The molecule has 2 rings (SSSR count). The van der Waals surface area contributed by atoms with E-state index in [-0.39, 0.29) is 0 Å². The van der Waals surface area contributed by atoms with Gasteiger partial charge < -0.3 is 4.74 Å². The average Bonchev–Trinajstić information content (AvgIpc) is 2.91. The molecule has 0 spiro atoms. The van der Waals surface area contributed by atoms with Crippen molar-refractivity contribution in [2.24, 2.45) is 5.10 Å². The van der Waals surface area contributed by atoms with Crippen molar-refractivity contribution in [2.75, 3.05) is 6.61 Å². The fraction of sp³-hybridized carbons (Fsp3) is 0.400. The van der Waals surface area contributed by atoms with E-state index in [2.05, 4.69) is 22.2 Å². The highest BCUT2D eigenvalue weighted by Crippen LogP contribution is 2.12. The number of hydrogen-bond acceptors (Lipinski definition) is 4. The Morgan fingerprint density at radius 1 is 1.29 bits per heavy atom. The molecule has 1 N–H and O–H groups in total. The summed E-state index contributed by atoms with van der Waals surface area (Å²) in [6, 6.07) is 7.84. The number of aromatic amines is 1. The van der Waals surface area contributed by atoms with Gasteiger partial charge >= 0.3 is 0 Å². The molecule has 0 fully saturated rings. The van der Waals surface area contributed by atoms with Gasteiger partial charge in [-0.15, -0.1) is 0 Å². The van der Waals surface area contributed by atoms with Gasteiger partial charge in [0.15, 0.2) is 0 Å². The van der Waals surface area contributed by atoms with Crippen LogP contribution in [0, 0.1) is 4.77 Å². The van der Waals surface area contributed by atoms with Crippen molar-refractivity contribution in [1.82, 2.24) is 14.9 Å². The molecule has 0 saturated heterocycles. The van der Waals surface area contributed by atoms with Crippen LogP contribution in [-0.2, 0) is 0 Å². The molecule has 21 heavy (non-hydrogen) atoms. The minimum atomic E-state index is 0.471. The maximum atomic E-state index is 5.70.